The molecule has 0 atom stereocenters. The van der Waals surface area contributed by atoms with E-state index in [1.165, 1.54) is 27.1 Å². The molecule has 4 aromatic rings. The molecular weight excluding hydrogens is 355 g/mol. The molecule has 0 aliphatic rings. The Hall–Kier alpha value is -2.95. The number of rotatable bonds is 6. The predicted octanol–water partition coefficient (Wildman–Crippen LogP) is 5.69. The second-order valence-electron chi connectivity index (χ2n) is 6.94. The Bertz CT molecular complexity index is 926. The molecule has 0 radical (unpaired) electrons. The van der Waals surface area contributed by atoms with Crippen molar-refractivity contribution in [2.75, 3.05) is 6.16 Å². The Morgan fingerprint density at radius 2 is 0.821 bits per heavy atom. The van der Waals surface area contributed by atoms with Crippen LogP contribution in [0.5, 0.6) is 0 Å². The maximum Gasteiger partial charge on any atom is 0.116 e. The molecule has 0 N–H and O–H groups in total. The summed E-state index contributed by atoms with van der Waals surface area (Å²) in [5.41, 5.74) is 2.40. The summed E-state index contributed by atoms with van der Waals surface area (Å²) in [6, 6.07) is 43.5. The monoisotopic (exact) mass is 379 g/mol. The maximum absolute atomic E-state index is 4.51. The molecule has 1 heteroatoms. The number of hydrogen-bond donors (Lipinski definition) is 0. The fraction of sp³-hybridized carbons (Fsp3) is 0.0370. The van der Waals surface area contributed by atoms with Gasteiger partial charge < -0.3 is 0 Å². The fourth-order valence-corrected chi connectivity index (χ4v) is 8.06. The third-order valence-corrected chi connectivity index (χ3v) is 9.60. The normalized spacial score (nSPS) is 11.1. The summed E-state index contributed by atoms with van der Waals surface area (Å²) < 4.78 is 0. The highest BCUT2D eigenvalue weighted by Gasteiger charge is 2.45. The van der Waals surface area contributed by atoms with Gasteiger partial charge in [-0.3, -0.25) is 0 Å². The number of benzene rings is 4. The first-order valence-electron chi connectivity index (χ1n) is 9.59. The lowest BCUT2D eigenvalue weighted by molar-refractivity contribution is 1.57. The van der Waals surface area contributed by atoms with Crippen LogP contribution >= 0.6 is 7.26 Å². The van der Waals surface area contributed by atoms with E-state index in [4.69, 9.17) is 0 Å². The Balaban J connectivity index is 1.95. The van der Waals surface area contributed by atoms with Gasteiger partial charge in [0.05, 0.1) is 6.16 Å². The van der Waals surface area contributed by atoms with Gasteiger partial charge in [-0.2, -0.15) is 0 Å². The Labute approximate surface area is 168 Å². The van der Waals surface area contributed by atoms with Gasteiger partial charge in [-0.25, -0.2) is 0 Å². The first kappa shape index (κ1) is 18.4. The van der Waals surface area contributed by atoms with E-state index in [0.717, 1.165) is 6.16 Å². The van der Waals surface area contributed by atoms with E-state index in [1.807, 2.05) is 0 Å². The van der Waals surface area contributed by atoms with E-state index in [9.17, 15) is 0 Å². The van der Waals surface area contributed by atoms with Crippen LogP contribution in [0.15, 0.2) is 128 Å². The maximum atomic E-state index is 4.51. The molecule has 0 aliphatic carbocycles. The highest BCUT2D eigenvalue weighted by Crippen LogP contribution is 2.57. The quantitative estimate of drug-likeness (QED) is 0.377. The average molecular weight is 379 g/mol. The molecule has 0 amide bonds. The molecule has 136 valence electrons. The molecule has 0 fully saturated rings. The molecule has 0 aliphatic heterocycles. The molecule has 0 bridgehead atoms. The summed E-state index contributed by atoms with van der Waals surface area (Å²) in [5, 5.41) is 4.18. The number of allylic oxidation sites excluding steroid dienone is 1. The first-order valence-corrected chi connectivity index (χ1v) is 11.6. The van der Waals surface area contributed by atoms with Crippen molar-refractivity contribution < 1.29 is 0 Å². The topological polar surface area (TPSA) is 0 Å². The number of hydrogen-bond acceptors (Lipinski definition) is 0. The van der Waals surface area contributed by atoms with Crippen molar-refractivity contribution in [2.45, 2.75) is 0 Å². The van der Waals surface area contributed by atoms with Gasteiger partial charge >= 0.3 is 0 Å². The summed E-state index contributed by atoms with van der Waals surface area (Å²) in [6.07, 6.45) is 0.926. The van der Waals surface area contributed by atoms with Gasteiger partial charge in [0.1, 0.15) is 23.2 Å². The van der Waals surface area contributed by atoms with E-state index >= 15 is 0 Å². The summed E-state index contributed by atoms with van der Waals surface area (Å²) in [4.78, 5) is 0. The van der Waals surface area contributed by atoms with Gasteiger partial charge in [-0.15, -0.1) is 0 Å². The van der Waals surface area contributed by atoms with Crippen LogP contribution in [-0.4, -0.2) is 6.16 Å². The van der Waals surface area contributed by atoms with Crippen LogP contribution in [0.1, 0.15) is 5.56 Å². The molecule has 0 nitrogen and oxygen atoms in total. The molecule has 0 saturated heterocycles. The Kier molecular flexibility index (Phi) is 5.51. The lowest BCUT2D eigenvalue weighted by atomic mass is 10.1. The Morgan fingerprint density at radius 3 is 1.18 bits per heavy atom. The van der Waals surface area contributed by atoms with E-state index in [2.05, 4.69) is 128 Å². The minimum Gasteiger partial charge on any atom is -0.0915 e. The van der Waals surface area contributed by atoms with Crippen molar-refractivity contribution in [2.24, 2.45) is 0 Å². The average Bonchev–Trinajstić information content (AvgIpc) is 2.80. The van der Waals surface area contributed by atoms with E-state index in [-0.39, 0.29) is 0 Å². The van der Waals surface area contributed by atoms with Gasteiger partial charge in [0.25, 0.3) is 0 Å². The van der Waals surface area contributed by atoms with Crippen molar-refractivity contribution in [1.82, 2.24) is 0 Å². The molecule has 0 spiro atoms. The lowest BCUT2D eigenvalue weighted by Gasteiger charge is -2.28. The van der Waals surface area contributed by atoms with Crippen LogP contribution in [0.25, 0.3) is 5.57 Å². The Morgan fingerprint density at radius 1 is 0.500 bits per heavy atom. The van der Waals surface area contributed by atoms with E-state index in [1.54, 1.807) is 0 Å². The highest BCUT2D eigenvalue weighted by atomic mass is 31.2. The molecule has 0 heterocycles. The summed E-state index contributed by atoms with van der Waals surface area (Å²) >= 11 is 0. The highest BCUT2D eigenvalue weighted by molar-refractivity contribution is 7.96. The van der Waals surface area contributed by atoms with Gasteiger partial charge in [-0.05, 0) is 47.5 Å². The van der Waals surface area contributed by atoms with Gasteiger partial charge in [-0.1, -0.05) is 91.5 Å². The molecule has 0 unspecified atom stereocenters. The largest absolute Gasteiger partial charge is 0.116 e. The zero-order valence-corrected chi connectivity index (χ0v) is 16.8. The first-order chi connectivity index (χ1) is 13.8. The van der Waals surface area contributed by atoms with Crippen LogP contribution in [0.4, 0.5) is 0 Å². The smallest absolute Gasteiger partial charge is 0.0915 e. The summed E-state index contributed by atoms with van der Waals surface area (Å²) in [6.45, 7) is 4.51. The SMILES string of the molecule is C=C(C[P+](c1ccccc1)(c1ccccc1)c1ccccc1)c1ccccc1. The zero-order valence-electron chi connectivity index (χ0n) is 15.9. The van der Waals surface area contributed by atoms with Crippen molar-refractivity contribution in [3.63, 3.8) is 0 Å². The van der Waals surface area contributed by atoms with E-state index < -0.39 is 7.26 Å². The van der Waals surface area contributed by atoms with Crippen LogP contribution in [-0.2, 0) is 0 Å². The third kappa shape index (κ3) is 3.57. The molecule has 4 aromatic carbocycles. The summed E-state index contributed by atoms with van der Waals surface area (Å²) in [7, 11) is -1.87. The minimum absolute atomic E-state index is 0.926. The molecule has 0 saturated carbocycles. The predicted molar refractivity (Wildman–Crippen MR) is 125 cm³/mol. The van der Waals surface area contributed by atoms with Crippen molar-refractivity contribution >= 4 is 28.7 Å². The van der Waals surface area contributed by atoms with Gasteiger partial charge in [0.15, 0.2) is 0 Å². The minimum atomic E-state index is -1.87. The molecule has 0 aromatic heterocycles. The standard InChI is InChI=1S/C27H24P/c1-23(24-14-6-2-7-15-24)22-28(25-16-8-3-9-17-25,26-18-10-4-11-19-26)27-20-12-5-13-21-27/h2-21H,1,22H2/q+1. The molecule has 28 heavy (non-hydrogen) atoms. The van der Waals surface area contributed by atoms with Crippen LogP contribution in [0.3, 0.4) is 0 Å². The summed E-state index contributed by atoms with van der Waals surface area (Å²) in [5.74, 6) is 0. The molecular formula is C27H24P+. The third-order valence-electron chi connectivity index (χ3n) is 5.20. The van der Waals surface area contributed by atoms with E-state index in [0.29, 0.717) is 0 Å². The van der Waals surface area contributed by atoms with Crippen molar-refractivity contribution in [3.05, 3.63) is 133 Å². The second-order valence-corrected chi connectivity index (χ2v) is 10.4. The van der Waals surface area contributed by atoms with Gasteiger partial charge in [0.2, 0.25) is 0 Å². The second kappa shape index (κ2) is 8.38. The fourth-order valence-electron chi connectivity index (χ4n) is 3.82. The van der Waals surface area contributed by atoms with Crippen LogP contribution < -0.4 is 15.9 Å². The van der Waals surface area contributed by atoms with Crippen LogP contribution in [0.2, 0.25) is 0 Å². The van der Waals surface area contributed by atoms with Crippen molar-refractivity contribution in [3.8, 4) is 0 Å². The van der Waals surface area contributed by atoms with Gasteiger partial charge in [0, 0.05) is 0 Å². The molecule has 4 rings (SSSR count). The lowest BCUT2D eigenvalue weighted by Crippen LogP contribution is -2.33. The van der Waals surface area contributed by atoms with Crippen LogP contribution in [0, 0.1) is 0 Å². The van der Waals surface area contributed by atoms with Crippen molar-refractivity contribution in [1.29, 1.82) is 0 Å². The zero-order chi connectivity index (χ0) is 19.2.